The second-order valence-electron chi connectivity index (χ2n) is 4.98. The Morgan fingerprint density at radius 3 is 2.71 bits per heavy atom. The number of hydrogen-bond donors (Lipinski definition) is 1. The monoisotopic (exact) mass is 234 g/mol. The summed E-state index contributed by atoms with van der Waals surface area (Å²) in [5, 5.41) is 9.85. The number of carbonyl (C=O) groups is 1. The Labute approximate surface area is 101 Å². The molecule has 0 aliphatic carbocycles. The molecule has 1 aromatic rings. The van der Waals surface area contributed by atoms with Crippen molar-refractivity contribution < 1.29 is 9.90 Å². The van der Waals surface area contributed by atoms with E-state index in [4.69, 9.17) is 0 Å². The van der Waals surface area contributed by atoms with Gasteiger partial charge in [-0.15, -0.1) is 0 Å². The fraction of sp³-hybridized carbons (Fsp3) is 0.538. The molecular weight excluding hydrogens is 216 g/mol. The molecule has 4 heteroatoms. The van der Waals surface area contributed by atoms with Gasteiger partial charge in [-0.1, -0.05) is 0 Å². The first-order valence-corrected chi connectivity index (χ1v) is 5.92. The smallest absolute Gasteiger partial charge is 0.254 e. The number of nitrogens with zero attached hydrogens (tertiary/aromatic N) is 2. The summed E-state index contributed by atoms with van der Waals surface area (Å²) < 4.78 is 0. The van der Waals surface area contributed by atoms with Crippen LogP contribution in [0.4, 0.5) is 0 Å². The van der Waals surface area contributed by atoms with Gasteiger partial charge in [0.05, 0.1) is 5.60 Å². The highest BCUT2D eigenvalue weighted by Gasteiger charge is 2.30. The van der Waals surface area contributed by atoms with Crippen molar-refractivity contribution in [1.29, 1.82) is 0 Å². The number of aliphatic hydroxyl groups is 1. The number of amides is 1. The highest BCUT2D eigenvalue weighted by molar-refractivity contribution is 5.95. The van der Waals surface area contributed by atoms with Crippen molar-refractivity contribution in [3.05, 3.63) is 29.6 Å². The molecule has 1 fully saturated rings. The van der Waals surface area contributed by atoms with E-state index in [2.05, 4.69) is 4.98 Å². The number of likely N-dealkylation sites (tertiary alicyclic amines) is 1. The predicted molar refractivity (Wildman–Crippen MR) is 64.7 cm³/mol. The van der Waals surface area contributed by atoms with Crippen LogP contribution in [0.3, 0.4) is 0 Å². The van der Waals surface area contributed by atoms with E-state index < -0.39 is 5.60 Å². The Bertz CT molecular complexity index is 419. The lowest BCUT2D eigenvalue weighted by atomic mass is 9.93. The molecule has 0 radical (unpaired) electrons. The van der Waals surface area contributed by atoms with Crippen molar-refractivity contribution in [3.8, 4) is 0 Å². The van der Waals surface area contributed by atoms with E-state index >= 15 is 0 Å². The first kappa shape index (κ1) is 12.0. The van der Waals surface area contributed by atoms with E-state index in [0.29, 0.717) is 31.5 Å². The second-order valence-corrected chi connectivity index (χ2v) is 4.98. The normalized spacial score (nSPS) is 19.1. The summed E-state index contributed by atoms with van der Waals surface area (Å²) in [6.07, 6.45) is 4.62. The number of pyridine rings is 1. The molecule has 1 amide bonds. The summed E-state index contributed by atoms with van der Waals surface area (Å²) in [5.74, 6) is 0.0420. The third-order valence-electron chi connectivity index (χ3n) is 3.38. The minimum absolute atomic E-state index is 0.0420. The van der Waals surface area contributed by atoms with Gasteiger partial charge in [-0.3, -0.25) is 9.78 Å². The van der Waals surface area contributed by atoms with Gasteiger partial charge in [0.1, 0.15) is 0 Å². The first-order valence-electron chi connectivity index (χ1n) is 5.92. The van der Waals surface area contributed by atoms with Gasteiger partial charge in [-0.05, 0) is 38.3 Å². The summed E-state index contributed by atoms with van der Waals surface area (Å²) in [5.41, 5.74) is 0.987. The molecule has 2 rings (SSSR count). The van der Waals surface area contributed by atoms with E-state index in [0.717, 1.165) is 5.56 Å². The molecule has 1 saturated heterocycles. The highest BCUT2D eigenvalue weighted by Crippen LogP contribution is 2.22. The molecule has 0 unspecified atom stereocenters. The zero-order chi connectivity index (χ0) is 12.5. The molecule has 1 aromatic heterocycles. The Morgan fingerprint density at radius 2 is 2.12 bits per heavy atom. The number of piperidine rings is 1. The Morgan fingerprint density at radius 1 is 1.47 bits per heavy atom. The Hall–Kier alpha value is -1.42. The van der Waals surface area contributed by atoms with E-state index in [1.807, 2.05) is 13.8 Å². The quantitative estimate of drug-likeness (QED) is 0.798. The molecule has 0 atom stereocenters. The lowest BCUT2D eigenvalue weighted by molar-refractivity contribution is -0.00204. The molecule has 1 aliphatic heterocycles. The molecule has 0 bridgehead atoms. The summed E-state index contributed by atoms with van der Waals surface area (Å²) in [6, 6.07) is 1.75. The van der Waals surface area contributed by atoms with Crippen LogP contribution >= 0.6 is 0 Å². The number of rotatable bonds is 1. The standard InChI is InChI=1S/C13H18N2O2/c1-10-9-14-6-3-11(10)12(16)15-7-4-13(2,17)5-8-15/h3,6,9,17H,4-5,7-8H2,1-2H3. The van der Waals surface area contributed by atoms with Gasteiger partial charge in [0.15, 0.2) is 0 Å². The largest absolute Gasteiger partial charge is 0.390 e. The van der Waals surface area contributed by atoms with Crippen LogP contribution in [0.15, 0.2) is 18.5 Å². The average Bonchev–Trinajstić information content (AvgIpc) is 2.29. The van der Waals surface area contributed by atoms with Gasteiger partial charge in [0, 0.05) is 31.0 Å². The third kappa shape index (κ3) is 2.64. The van der Waals surface area contributed by atoms with E-state index in [1.165, 1.54) is 0 Å². The SMILES string of the molecule is Cc1cnccc1C(=O)N1CCC(C)(O)CC1. The number of hydrogen-bond acceptors (Lipinski definition) is 3. The lowest BCUT2D eigenvalue weighted by Crippen LogP contribution is -2.45. The van der Waals surface area contributed by atoms with Gasteiger partial charge < -0.3 is 10.0 Å². The number of aromatic nitrogens is 1. The van der Waals surface area contributed by atoms with E-state index in [9.17, 15) is 9.90 Å². The van der Waals surface area contributed by atoms with Crippen molar-refractivity contribution in [2.75, 3.05) is 13.1 Å². The molecule has 1 N–H and O–H groups in total. The molecule has 0 saturated carbocycles. The van der Waals surface area contributed by atoms with Gasteiger partial charge in [-0.2, -0.15) is 0 Å². The predicted octanol–water partition coefficient (Wildman–Crippen LogP) is 1.38. The summed E-state index contributed by atoms with van der Waals surface area (Å²) in [4.78, 5) is 18.0. The Kier molecular flexibility index (Phi) is 3.15. The molecule has 2 heterocycles. The maximum atomic E-state index is 12.2. The van der Waals surface area contributed by atoms with Crippen molar-refractivity contribution in [1.82, 2.24) is 9.88 Å². The van der Waals surface area contributed by atoms with Crippen LogP contribution in [0, 0.1) is 6.92 Å². The summed E-state index contributed by atoms with van der Waals surface area (Å²) >= 11 is 0. The minimum atomic E-state index is -0.621. The second kappa shape index (κ2) is 4.45. The third-order valence-corrected chi connectivity index (χ3v) is 3.38. The van der Waals surface area contributed by atoms with Crippen molar-refractivity contribution in [2.24, 2.45) is 0 Å². The van der Waals surface area contributed by atoms with Crippen LogP contribution in [-0.4, -0.2) is 39.6 Å². The van der Waals surface area contributed by atoms with Crippen LogP contribution in [0.5, 0.6) is 0 Å². The first-order chi connectivity index (χ1) is 7.99. The number of aryl methyl sites for hydroxylation is 1. The summed E-state index contributed by atoms with van der Waals surface area (Å²) in [6.45, 7) is 4.95. The van der Waals surface area contributed by atoms with Crippen molar-refractivity contribution in [3.63, 3.8) is 0 Å². The summed E-state index contributed by atoms with van der Waals surface area (Å²) in [7, 11) is 0. The van der Waals surface area contributed by atoms with Crippen molar-refractivity contribution >= 4 is 5.91 Å². The van der Waals surface area contributed by atoms with E-state index in [1.54, 1.807) is 23.4 Å². The van der Waals surface area contributed by atoms with Crippen LogP contribution < -0.4 is 0 Å². The Balaban J connectivity index is 2.10. The van der Waals surface area contributed by atoms with E-state index in [-0.39, 0.29) is 5.91 Å². The maximum Gasteiger partial charge on any atom is 0.254 e. The topological polar surface area (TPSA) is 53.4 Å². The number of carbonyl (C=O) groups excluding carboxylic acids is 1. The van der Waals surface area contributed by atoms with Gasteiger partial charge in [-0.25, -0.2) is 0 Å². The minimum Gasteiger partial charge on any atom is -0.390 e. The molecule has 4 nitrogen and oxygen atoms in total. The van der Waals surface area contributed by atoms with Crippen LogP contribution in [0.2, 0.25) is 0 Å². The lowest BCUT2D eigenvalue weighted by Gasteiger charge is -2.36. The zero-order valence-electron chi connectivity index (χ0n) is 10.3. The fourth-order valence-corrected chi connectivity index (χ4v) is 2.08. The molecular formula is C13H18N2O2. The van der Waals surface area contributed by atoms with Gasteiger partial charge >= 0.3 is 0 Å². The molecule has 92 valence electrons. The van der Waals surface area contributed by atoms with Crippen LogP contribution in [0.1, 0.15) is 35.7 Å². The zero-order valence-corrected chi connectivity index (χ0v) is 10.3. The molecule has 1 aliphatic rings. The maximum absolute atomic E-state index is 12.2. The highest BCUT2D eigenvalue weighted by atomic mass is 16.3. The van der Waals surface area contributed by atoms with Crippen molar-refractivity contribution in [2.45, 2.75) is 32.3 Å². The fourth-order valence-electron chi connectivity index (χ4n) is 2.08. The molecule has 0 spiro atoms. The van der Waals surface area contributed by atoms with Crippen LogP contribution in [0.25, 0.3) is 0 Å². The van der Waals surface area contributed by atoms with Gasteiger partial charge in [0.2, 0.25) is 0 Å². The van der Waals surface area contributed by atoms with Gasteiger partial charge in [0.25, 0.3) is 5.91 Å². The van der Waals surface area contributed by atoms with Crippen LogP contribution in [-0.2, 0) is 0 Å². The molecule has 17 heavy (non-hydrogen) atoms. The average molecular weight is 234 g/mol. The molecule has 0 aromatic carbocycles.